The van der Waals surface area contributed by atoms with E-state index >= 15 is 0 Å². The summed E-state index contributed by atoms with van der Waals surface area (Å²) in [6.07, 6.45) is 3.86. The SMILES string of the molecule is NC(=S)c1ccnc(N2CCC(OCCO)CC2)c1. The maximum Gasteiger partial charge on any atom is 0.129 e. The number of thiocarbonyl (C=S) groups is 1. The second-order valence-electron chi connectivity index (χ2n) is 4.55. The molecule has 104 valence electrons. The van der Waals surface area contributed by atoms with Gasteiger partial charge in [-0.2, -0.15) is 0 Å². The Bertz CT molecular complexity index is 434. The van der Waals surface area contributed by atoms with Gasteiger partial charge in [0.1, 0.15) is 10.8 Å². The van der Waals surface area contributed by atoms with Crippen molar-refractivity contribution in [1.29, 1.82) is 0 Å². The number of hydrogen-bond donors (Lipinski definition) is 2. The standard InChI is InChI=1S/C13H19N3O2S/c14-13(19)10-1-4-15-12(9-10)16-5-2-11(3-6-16)18-8-7-17/h1,4,9,11,17H,2-3,5-8H2,(H2,14,19). The normalized spacial score (nSPS) is 16.6. The molecule has 2 rings (SSSR count). The topological polar surface area (TPSA) is 71.6 Å². The van der Waals surface area contributed by atoms with Gasteiger partial charge in [0.2, 0.25) is 0 Å². The number of hydrogen-bond acceptors (Lipinski definition) is 5. The Kier molecular flexibility index (Phi) is 5.07. The van der Waals surface area contributed by atoms with Crippen LogP contribution in [0.4, 0.5) is 5.82 Å². The van der Waals surface area contributed by atoms with Crippen LogP contribution in [0.3, 0.4) is 0 Å². The Morgan fingerprint density at radius 1 is 1.53 bits per heavy atom. The van der Waals surface area contributed by atoms with Gasteiger partial charge < -0.3 is 20.5 Å². The fraction of sp³-hybridized carbons (Fsp3) is 0.538. The van der Waals surface area contributed by atoms with E-state index in [9.17, 15) is 0 Å². The minimum absolute atomic E-state index is 0.0811. The van der Waals surface area contributed by atoms with Crippen molar-refractivity contribution in [2.75, 3.05) is 31.2 Å². The van der Waals surface area contributed by atoms with Gasteiger partial charge in [-0.25, -0.2) is 4.98 Å². The molecule has 0 amide bonds. The summed E-state index contributed by atoms with van der Waals surface area (Å²) in [4.78, 5) is 6.96. The van der Waals surface area contributed by atoms with E-state index < -0.39 is 0 Å². The molecule has 1 saturated heterocycles. The Balaban J connectivity index is 1.94. The molecule has 0 spiro atoms. The molecule has 0 aliphatic carbocycles. The van der Waals surface area contributed by atoms with E-state index in [1.54, 1.807) is 6.20 Å². The first-order chi connectivity index (χ1) is 9.20. The van der Waals surface area contributed by atoms with Crippen LogP contribution in [0.15, 0.2) is 18.3 Å². The minimum atomic E-state index is 0.0811. The lowest BCUT2D eigenvalue weighted by atomic mass is 10.1. The van der Waals surface area contributed by atoms with Crippen LogP contribution in [0.2, 0.25) is 0 Å². The Morgan fingerprint density at radius 3 is 2.89 bits per heavy atom. The maximum absolute atomic E-state index is 8.74. The van der Waals surface area contributed by atoms with Crippen LogP contribution in [0, 0.1) is 0 Å². The Morgan fingerprint density at radius 2 is 2.26 bits per heavy atom. The highest BCUT2D eigenvalue weighted by Crippen LogP contribution is 2.20. The summed E-state index contributed by atoms with van der Waals surface area (Å²) in [5.74, 6) is 0.908. The molecule has 0 aromatic carbocycles. The molecule has 0 unspecified atom stereocenters. The lowest BCUT2D eigenvalue weighted by Crippen LogP contribution is -2.38. The summed E-state index contributed by atoms with van der Waals surface area (Å²) in [5, 5.41) is 8.74. The first-order valence-electron chi connectivity index (χ1n) is 6.44. The number of nitrogens with zero attached hydrogens (tertiary/aromatic N) is 2. The second-order valence-corrected chi connectivity index (χ2v) is 4.99. The molecule has 6 heteroatoms. The number of aromatic nitrogens is 1. The molecule has 1 aromatic rings. The summed E-state index contributed by atoms with van der Waals surface area (Å²) in [6, 6.07) is 3.75. The summed E-state index contributed by atoms with van der Waals surface area (Å²) >= 11 is 4.98. The van der Waals surface area contributed by atoms with Gasteiger partial charge in [-0.3, -0.25) is 0 Å². The number of aliphatic hydroxyl groups excluding tert-OH is 1. The predicted molar refractivity (Wildman–Crippen MR) is 78.4 cm³/mol. The second kappa shape index (κ2) is 6.79. The smallest absolute Gasteiger partial charge is 0.129 e. The fourth-order valence-corrected chi connectivity index (χ4v) is 2.34. The van der Waals surface area contributed by atoms with Crippen LogP contribution in [0.1, 0.15) is 18.4 Å². The van der Waals surface area contributed by atoms with Crippen LogP contribution < -0.4 is 10.6 Å². The number of nitrogens with two attached hydrogens (primary N) is 1. The third-order valence-corrected chi connectivity index (χ3v) is 3.48. The molecule has 1 fully saturated rings. The Hall–Kier alpha value is -1.24. The van der Waals surface area contributed by atoms with Gasteiger partial charge in [-0.05, 0) is 25.0 Å². The highest BCUT2D eigenvalue weighted by atomic mass is 32.1. The molecule has 0 saturated carbocycles. The molecule has 1 aliphatic heterocycles. The molecule has 0 atom stereocenters. The number of anilines is 1. The number of piperidine rings is 1. The van der Waals surface area contributed by atoms with E-state index in [0.717, 1.165) is 37.3 Å². The van der Waals surface area contributed by atoms with E-state index in [2.05, 4.69) is 9.88 Å². The number of aliphatic hydroxyl groups is 1. The third-order valence-electron chi connectivity index (χ3n) is 3.24. The molecule has 1 aliphatic rings. The van der Waals surface area contributed by atoms with E-state index in [1.165, 1.54) is 0 Å². The van der Waals surface area contributed by atoms with Gasteiger partial charge in [-0.1, -0.05) is 12.2 Å². The molecule has 19 heavy (non-hydrogen) atoms. The monoisotopic (exact) mass is 281 g/mol. The van der Waals surface area contributed by atoms with Crippen molar-refractivity contribution in [3.63, 3.8) is 0 Å². The fourth-order valence-electron chi connectivity index (χ4n) is 2.22. The van der Waals surface area contributed by atoms with Gasteiger partial charge in [0, 0.05) is 24.8 Å². The molecule has 0 bridgehead atoms. The van der Waals surface area contributed by atoms with Gasteiger partial charge in [-0.15, -0.1) is 0 Å². The summed E-state index contributed by atoms with van der Waals surface area (Å²) < 4.78 is 5.54. The lowest BCUT2D eigenvalue weighted by Gasteiger charge is -2.32. The zero-order valence-electron chi connectivity index (χ0n) is 10.8. The average Bonchev–Trinajstić information content (AvgIpc) is 2.46. The zero-order valence-corrected chi connectivity index (χ0v) is 11.6. The quantitative estimate of drug-likeness (QED) is 0.774. The lowest BCUT2D eigenvalue weighted by molar-refractivity contribution is 0.0158. The van der Waals surface area contributed by atoms with Crippen molar-refractivity contribution in [1.82, 2.24) is 4.98 Å². The largest absolute Gasteiger partial charge is 0.394 e. The molecule has 2 heterocycles. The van der Waals surface area contributed by atoms with E-state index in [-0.39, 0.29) is 12.7 Å². The van der Waals surface area contributed by atoms with Crippen molar-refractivity contribution in [3.8, 4) is 0 Å². The van der Waals surface area contributed by atoms with Gasteiger partial charge in [0.05, 0.1) is 19.3 Å². The van der Waals surface area contributed by atoms with Crippen molar-refractivity contribution in [2.45, 2.75) is 18.9 Å². The van der Waals surface area contributed by atoms with Crippen LogP contribution in [-0.2, 0) is 4.74 Å². The summed E-state index contributed by atoms with van der Waals surface area (Å²) in [6.45, 7) is 2.28. The highest BCUT2D eigenvalue weighted by molar-refractivity contribution is 7.80. The number of ether oxygens (including phenoxy) is 1. The van der Waals surface area contributed by atoms with E-state index in [0.29, 0.717) is 11.6 Å². The van der Waals surface area contributed by atoms with Crippen molar-refractivity contribution in [3.05, 3.63) is 23.9 Å². The summed E-state index contributed by atoms with van der Waals surface area (Å²) in [5.41, 5.74) is 6.48. The van der Waals surface area contributed by atoms with E-state index in [4.69, 9.17) is 27.8 Å². The molecular weight excluding hydrogens is 262 g/mol. The zero-order chi connectivity index (χ0) is 13.7. The first kappa shape index (κ1) is 14.2. The highest BCUT2D eigenvalue weighted by Gasteiger charge is 2.20. The van der Waals surface area contributed by atoms with E-state index in [1.807, 2.05) is 12.1 Å². The molecule has 3 N–H and O–H groups in total. The van der Waals surface area contributed by atoms with Crippen molar-refractivity contribution >= 4 is 23.0 Å². The van der Waals surface area contributed by atoms with Crippen molar-refractivity contribution < 1.29 is 9.84 Å². The maximum atomic E-state index is 8.74. The molecule has 5 nitrogen and oxygen atoms in total. The van der Waals surface area contributed by atoms with Gasteiger partial charge >= 0.3 is 0 Å². The number of rotatable bonds is 5. The molecule has 1 aromatic heterocycles. The molecular formula is C13H19N3O2S. The first-order valence-corrected chi connectivity index (χ1v) is 6.85. The van der Waals surface area contributed by atoms with Crippen LogP contribution >= 0.6 is 12.2 Å². The van der Waals surface area contributed by atoms with Crippen molar-refractivity contribution in [2.24, 2.45) is 5.73 Å². The van der Waals surface area contributed by atoms with Gasteiger partial charge in [0.25, 0.3) is 0 Å². The van der Waals surface area contributed by atoms with Crippen LogP contribution in [0.25, 0.3) is 0 Å². The third kappa shape index (κ3) is 3.86. The minimum Gasteiger partial charge on any atom is -0.394 e. The van der Waals surface area contributed by atoms with Crippen LogP contribution in [-0.4, -0.2) is 47.5 Å². The molecule has 0 radical (unpaired) electrons. The predicted octanol–water partition coefficient (Wildman–Crippen LogP) is 0.693. The average molecular weight is 281 g/mol. The van der Waals surface area contributed by atoms with Crippen LogP contribution in [0.5, 0.6) is 0 Å². The summed E-state index contributed by atoms with van der Waals surface area (Å²) in [7, 11) is 0. The van der Waals surface area contributed by atoms with Gasteiger partial charge in [0.15, 0.2) is 0 Å². The Labute approximate surface area is 118 Å². The number of pyridine rings is 1.